The van der Waals surface area contributed by atoms with Crippen molar-refractivity contribution in [3.63, 3.8) is 0 Å². The van der Waals surface area contributed by atoms with Crippen molar-refractivity contribution in [2.45, 2.75) is 0 Å². The molecule has 3 heterocycles. The summed E-state index contributed by atoms with van der Waals surface area (Å²) in [6.45, 7) is 0.805. The second-order valence-corrected chi connectivity index (χ2v) is 7.11. The van der Waals surface area contributed by atoms with Gasteiger partial charge in [-0.05, 0) is 12.1 Å². The van der Waals surface area contributed by atoms with E-state index in [2.05, 4.69) is 10.3 Å². The van der Waals surface area contributed by atoms with Gasteiger partial charge >= 0.3 is 0 Å². The first-order chi connectivity index (χ1) is 14.9. The molecule has 2 aromatic heterocycles. The van der Waals surface area contributed by atoms with E-state index in [1.807, 2.05) is 12.1 Å². The third-order valence-corrected chi connectivity index (χ3v) is 5.09. The minimum atomic E-state index is -0.924. The van der Waals surface area contributed by atoms with E-state index >= 15 is 0 Å². The van der Waals surface area contributed by atoms with Gasteiger partial charge < -0.3 is 20.1 Å². The van der Waals surface area contributed by atoms with Crippen LogP contribution in [0.1, 0.15) is 20.8 Å². The van der Waals surface area contributed by atoms with E-state index in [4.69, 9.17) is 4.74 Å². The number of aromatic nitrogens is 2. The summed E-state index contributed by atoms with van der Waals surface area (Å²) in [6.07, 6.45) is 2.87. The van der Waals surface area contributed by atoms with Crippen LogP contribution < -0.4 is 15.8 Å². The third-order valence-electron chi connectivity index (χ3n) is 5.09. The zero-order valence-corrected chi connectivity index (χ0v) is 17.0. The Morgan fingerprint density at radius 2 is 2.03 bits per heavy atom. The summed E-state index contributed by atoms with van der Waals surface area (Å²) >= 11 is 0. The monoisotopic (exact) mass is 423 g/mol. The highest BCUT2D eigenvalue weighted by molar-refractivity contribution is 6.09. The standard InChI is InChI=1S/C21H21N5O5/c1-24-12-25(9-10-31-2)21(30)17-19(28)18(27)14(11-26(17)24)20(29)23-15-7-3-5-13-6-4-8-22-16(13)15/h3-8,11,28H,9-10,12H2,1-2H3,(H,23,29). The lowest BCUT2D eigenvalue weighted by atomic mass is 10.1. The van der Waals surface area contributed by atoms with Crippen LogP contribution in [0, 0.1) is 0 Å². The Balaban J connectivity index is 1.71. The van der Waals surface area contributed by atoms with Crippen LogP contribution in [-0.4, -0.2) is 65.5 Å². The number of carbonyl (C=O) groups excluding carboxylic acids is 2. The molecule has 2 N–H and O–H groups in total. The van der Waals surface area contributed by atoms with E-state index in [0.29, 0.717) is 24.4 Å². The van der Waals surface area contributed by atoms with Gasteiger partial charge in [-0.2, -0.15) is 0 Å². The van der Waals surface area contributed by atoms with E-state index in [1.165, 1.54) is 22.9 Å². The molecule has 4 rings (SSSR count). The normalized spacial score (nSPS) is 13.4. The van der Waals surface area contributed by atoms with Crippen LogP contribution in [0.5, 0.6) is 5.75 Å². The molecule has 10 heteroatoms. The smallest absolute Gasteiger partial charge is 0.277 e. The Labute approximate surface area is 177 Å². The summed E-state index contributed by atoms with van der Waals surface area (Å²) in [7, 11) is 3.19. The number of aromatic hydroxyl groups is 1. The highest BCUT2D eigenvalue weighted by Crippen LogP contribution is 2.23. The van der Waals surface area contributed by atoms with Gasteiger partial charge in [-0.25, -0.2) is 0 Å². The molecular weight excluding hydrogens is 402 g/mol. The molecule has 0 saturated carbocycles. The van der Waals surface area contributed by atoms with Crippen LogP contribution >= 0.6 is 0 Å². The number of methoxy groups -OCH3 is 1. The second kappa shape index (κ2) is 8.07. The summed E-state index contributed by atoms with van der Waals surface area (Å²) < 4.78 is 6.32. The van der Waals surface area contributed by atoms with Gasteiger partial charge in [0.25, 0.3) is 11.8 Å². The fraction of sp³-hybridized carbons (Fsp3) is 0.238. The molecule has 31 heavy (non-hydrogen) atoms. The van der Waals surface area contributed by atoms with E-state index in [-0.39, 0.29) is 17.9 Å². The minimum Gasteiger partial charge on any atom is -0.502 e. The maximum absolute atomic E-state index is 12.9. The maximum Gasteiger partial charge on any atom is 0.277 e. The number of nitrogens with one attached hydrogen (secondary N) is 1. The van der Waals surface area contributed by atoms with E-state index in [0.717, 1.165) is 5.39 Å². The molecule has 2 amide bonds. The van der Waals surface area contributed by atoms with Gasteiger partial charge in [0.15, 0.2) is 11.4 Å². The number of anilines is 1. The summed E-state index contributed by atoms with van der Waals surface area (Å²) in [5.41, 5.74) is -0.411. The van der Waals surface area contributed by atoms with Gasteiger partial charge in [0.2, 0.25) is 5.43 Å². The van der Waals surface area contributed by atoms with Crippen molar-refractivity contribution in [1.29, 1.82) is 0 Å². The molecule has 160 valence electrons. The fourth-order valence-corrected chi connectivity index (χ4v) is 3.52. The lowest BCUT2D eigenvalue weighted by Crippen LogP contribution is -2.53. The molecule has 10 nitrogen and oxygen atoms in total. The average Bonchev–Trinajstić information content (AvgIpc) is 2.77. The molecule has 0 atom stereocenters. The van der Waals surface area contributed by atoms with Gasteiger partial charge in [-0.3, -0.25) is 29.1 Å². The van der Waals surface area contributed by atoms with Crippen molar-refractivity contribution in [2.75, 3.05) is 44.3 Å². The molecule has 0 saturated heterocycles. The Morgan fingerprint density at radius 1 is 1.26 bits per heavy atom. The van der Waals surface area contributed by atoms with Crippen molar-refractivity contribution in [2.24, 2.45) is 0 Å². The topological polar surface area (TPSA) is 117 Å². The molecule has 3 aromatic rings. The third kappa shape index (κ3) is 3.57. The number of benzene rings is 1. The van der Waals surface area contributed by atoms with Crippen LogP contribution in [0.15, 0.2) is 47.5 Å². The van der Waals surface area contributed by atoms with Crippen molar-refractivity contribution in [1.82, 2.24) is 14.6 Å². The van der Waals surface area contributed by atoms with E-state index in [1.54, 1.807) is 36.5 Å². The highest BCUT2D eigenvalue weighted by Gasteiger charge is 2.33. The number of ether oxygens (including phenoxy) is 1. The first-order valence-electron chi connectivity index (χ1n) is 9.55. The Bertz CT molecular complexity index is 1230. The first-order valence-corrected chi connectivity index (χ1v) is 9.55. The van der Waals surface area contributed by atoms with Crippen molar-refractivity contribution in [3.8, 4) is 5.75 Å². The quantitative estimate of drug-likeness (QED) is 0.628. The van der Waals surface area contributed by atoms with Crippen molar-refractivity contribution >= 4 is 28.4 Å². The molecule has 0 aliphatic carbocycles. The van der Waals surface area contributed by atoms with E-state index in [9.17, 15) is 19.5 Å². The van der Waals surface area contributed by atoms with Gasteiger partial charge in [-0.1, -0.05) is 18.2 Å². The van der Waals surface area contributed by atoms with Crippen LogP contribution in [0.25, 0.3) is 10.9 Å². The SMILES string of the molecule is COCCN1CN(C)n2cc(C(=O)Nc3cccc4cccnc34)c(=O)c(O)c2C1=O. The lowest BCUT2D eigenvalue weighted by molar-refractivity contribution is 0.0629. The number of amides is 2. The minimum absolute atomic E-state index is 0.196. The molecule has 0 unspecified atom stereocenters. The zero-order valence-electron chi connectivity index (χ0n) is 17.0. The number of fused-ring (bicyclic) bond motifs is 2. The molecule has 0 radical (unpaired) electrons. The van der Waals surface area contributed by atoms with Crippen LogP contribution in [-0.2, 0) is 4.74 Å². The Morgan fingerprint density at radius 3 is 2.81 bits per heavy atom. The predicted octanol–water partition coefficient (Wildman–Crippen LogP) is 0.982. The first kappa shape index (κ1) is 20.4. The van der Waals surface area contributed by atoms with Crippen LogP contribution in [0.4, 0.5) is 5.69 Å². The predicted molar refractivity (Wildman–Crippen MR) is 114 cm³/mol. The molecule has 1 aliphatic heterocycles. The number of hydrogen-bond donors (Lipinski definition) is 2. The van der Waals surface area contributed by atoms with Gasteiger partial charge in [-0.15, -0.1) is 0 Å². The molecule has 1 aliphatic rings. The van der Waals surface area contributed by atoms with E-state index < -0.39 is 23.0 Å². The number of nitrogens with zero attached hydrogens (tertiary/aromatic N) is 4. The van der Waals surface area contributed by atoms with Crippen LogP contribution in [0.3, 0.4) is 0 Å². The summed E-state index contributed by atoms with van der Waals surface area (Å²) in [5, 5.41) is 15.6. The molecule has 0 spiro atoms. The molecule has 0 bridgehead atoms. The number of para-hydroxylation sites is 1. The number of rotatable bonds is 5. The highest BCUT2D eigenvalue weighted by atomic mass is 16.5. The largest absolute Gasteiger partial charge is 0.502 e. The average molecular weight is 423 g/mol. The number of pyridine rings is 2. The number of carbonyl (C=O) groups is 2. The summed E-state index contributed by atoms with van der Waals surface area (Å²) in [6, 6.07) is 8.93. The Kier molecular flexibility index (Phi) is 5.30. The number of hydrogen-bond acceptors (Lipinski definition) is 7. The van der Waals surface area contributed by atoms with Gasteiger partial charge in [0, 0.05) is 38.5 Å². The van der Waals surface area contributed by atoms with Crippen molar-refractivity contribution in [3.05, 3.63) is 64.2 Å². The summed E-state index contributed by atoms with van der Waals surface area (Å²) in [5.74, 6) is -2.01. The molecular formula is C21H21N5O5. The van der Waals surface area contributed by atoms with Crippen molar-refractivity contribution < 1.29 is 19.4 Å². The summed E-state index contributed by atoms with van der Waals surface area (Å²) in [4.78, 5) is 44.2. The zero-order chi connectivity index (χ0) is 22.1. The van der Waals surface area contributed by atoms with Gasteiger partial charge in [0.1, 0.15) is 12.2 Å². The maximum atomic E-state index is 12.9. The Hall–Kier alpha value is -3.92. The van der Waals surface area contributed by atoms with Crippen LogP contribution in [0.2, 0.25) is 0 Å². The molecule has 1 aromatic carbocycles. The second-order valence-electron chi connectivity index (χ2n) is 7.11. The van der Waals surface area contributed by atoms with Gasteiger partial charge in [0.05, 0.1) is 17.8 Å². The fourth-order valence-electron chi connectivity index (χ4n) is 3.52. The lowest BCUT2D eigenvalue weighted by Gasteiger charge is -2.37. The molecule has 0 fully saturated rings.